The summed E-state index contributed by atoms with van der Waals surface area (Å²) in [6.45, 7) is -0.222. The second-order valence-corrected chi connectivity index (χ2v) is 6.81. The number of carbonyl (C=O) groups is 1. The van der Waals surface area contributed by atoms with Gasteiger partial charge in [0.2, 0.25) is 16.5 Å². The molecule has 0 spiro atoms. The van der Waals surface area contributed by atoms with Gasteiger partial charge in [-0.3, -0.25) is 9.59 Å². The van der Waals surface area contributed by atoms with Crippen LogP contribution in [0.1, 0.15) is 5.69 Å². The minimum atomic E-state index is -0.888. The smallest absolute Gasteiger partial charge is 0.244 e. The SMILES string of the molecule is COc1cn(CC(=O)Nc2ccc(F)cc2F)c(CSc2nnnn2C)cc1=O. The van der Waals surface area contributed by atoms with Gasteiger partial charge in [-0.15, -0.1) is 5.10 Å². The number of tetrazole rings is 1. The predicted molar refractivity (Wildman–Crippen MR) is 101 cm³/mol. The Balaban J connectivity index is 1.81. The molecule has 0 saturated heterocycles. The van der Waals surface area contributed by atoms with Crippen LogP contribution in [0, 0.1) is 11.6 Å². The lowest BCUT2D eigenvalue weighted by molar-refractivity contribution is -0.116. The molecule has 1 amide bonds. The molecular formula is C17H16F2N6O3S. The number of rotatable bonds is 7. The van der Waals surface area contributed by atoms with Crippen LogP contribution in [-0.2, 0) is 24.1 Å². The Bertz CT molecular complexity index is 1100. The van der Waals surface area contributed by atoms with Crippen LogP contribution >= 0.6 is 11.8 Å². The van der Waals surface area contributed by atoms with E-state index in [1.54, 1.807) is 7.05 Å². The lowest BCUT2D eigenvalue weighted by Gasteiger charge is -2.15. The van der Waals surface area contributed by atoms with Crippen molar-refractivity contribution in [2.45, 2.75) is 17.5 Å². The molecule has 1 aromatic carbocycles. The topological polar surface area (TPSA) is 104 Å². The molecule has 2 aromatic heterocycles. The molecule has 3 rings (SSSR count). The predicted octanol–water partition coefficient (Wildman–Crippen LogP) is 1.59. The van der Waals surface area contributed by atoms with Gasteiger partial charge in [-0.25, -0.2) is 13.5 Å². The number of aryl methyl sites for hydroxylation is 1. The lowest BCUT2D eigenvalue weighted by atomic mass is 10.3. The van der Waals surface area contributed by atoms with Crippen molar-refractivity contribution in [3.63, 3.8) is 0 Å². The van der Waals surface area contributed by atoms with Gasteiger partial charge in [-0.2, -0.15) is 0 Å². The molecule has 0 saturated carbocycles. The van der Waals surface area contributed by atoms with E-state index in [-0.39, 0.29) is 23.4 Å². The molecule has 3 aromatic rings. The van der Waals surface area contributed by atoms with E-state index in [0.717, 1.165) is 12.1 Å². The molecule has 2 heterocycles. The molecule has 0 aliphatic rings. The molecule has 0 aliphatic carbocycles. The molecule has 1 N–H and O–H groups in total. The summed E-state index contributed by atoms with van der Waals surface area (Å²) in [6.07, 6.45) is 1.40. The average molecular weight is 422 g/mol. The molecule has 0 unspecified atom stereocenters. The highest BCUT2D eigenvalue weighted by atomic mass is 32.2. The Morgan fingerprint density at radius 3 is 2.76 bits per heavy atom. The number of amides is 1. The number of pyridine rings is 1. The molecular weight excluding hydrogens is 406 g/mol. The number of anilines is 1. The summed E-state index contributed by atoms with van der Waals surface area (Å²) in [6, 6.07) is 4.20. The maximum atomic E-state index is 13.8. The zero-order valence-corrected chi connectivity index (χ0v) is 16.2. The lowest BCUT2D eigenvalue weighted by Crippen LogP contribution is -2.23. The number of hydrogen-bond donors (Lipinski definition) is 1. The van der Waals surface area contributed by atoms with Gasteiger partial charge < -0.3 is 14.6 Å². The molecule has 0 bridgehead atoms. The highest BCUT2D eigenvalue weighted by Gasteiger charge is 2.14. The molecule has 9 nitrogen and oxygen atoms in total. The fourth-order valence-electron chi connectivity index (χ4n) is 2.44. The Labute approximate surface area is 167 Å². The average Bonchev–Trinajstić information content (AvgIpc) is 3.08. The number of nitrogens with zero attached hydrogens (tertiary/aromatic N) is 5. The van der Waals surface area contributed by atoms with E-state index in [2.05, 4.69) is 20.8 Å². The van der Waals surface area contributed by atoms with Crippen molar-refractivity contribution < 1.29 is 18.3 Å². The normalized spacial score (nSPS) is 10.8. The first-order valence-corrected chi connectivity index (χ1v) is 9.23. The van der Waals surface area contributed by atoms with E-state index in [9.17, 15) is 18.4 Å². The summed E-state index contributed by atoms with van der Waals surface area (Å²) >= 11 is 1.27. The first-order chi connectivity index (χ1) is 13.9. The van der Waals surface area contributed by atoms with Gasteiger partial charge in [-0.1, -0.05) is 11.8 Å². The van der Waals surface area contributed by atoms with Crippen LogP contribution < -0.4 is 15.5 Å². The van der Waals surface area contributed by atoms with E-state index >= 15 is 0 Å². The number of ether oxygens (including phenoxy) is 1. The summed E-state index contributed by atoms with van der Waals surface area (Å²) in [7, 11) is 3.02. The van der Waals surface area contributed by atoms with Gasteiger partial charge in [0.1, 0.15) is 18.2 Å². The zero-order chi connectivity index (χ0) is 21.0. The van der Waals surface area contributed by atoms with Gasteiger partial charge in [0, 0.05) is 30.6 Å². The number of methoxy groups -OCH3 is 1. The Kier molecular flexibility index (Phi) is 6.22. The number of hydrogen-bond acceptors (Lipinski definition) is 7. The van der Waals surface area contributed by atoms with Crippen molar-refractivity contribution in [1.29, 1.82) is 0 Å². The van der Waals surface area contributed by atoms with E-state index in [4.69, 9.17) is 4.74 Å². The molecule has 0 radical (unpaired) electrons. The summed E-state index contributed by atoms with van der Waals surface area (Å²) in [5.74, 6) is -1.84. The largest absolute Gasteiger partial charge is 0.491 e. The number of nitrogens with one attached hydrogen (secondary N) is 1. The standard InChI is InChI=1S/C17H16F2N6O3S/c1-24-17(21-22-23-24)29-9-11-6-14(26)15(28-2)7-25(11)8-16(27)20-13-4-3-10(18)5-12(13)19/h3-7H,8-9H2,1-2H3,(H,20,27). The Hall–Kier alpha value is -3.28. The van der Waals surface area contributed by atoms with Crippen molar-refractivity contribution in [2.24, 2.45) is 7.05 Å². The molecule has 29 heavy (non-hydrogen) atoms. The minimum Gasteiger partial charge on any atom is -0.491 e. The third-order valence-electron chi connectivity index (χ3n) is 3.85. The van der Waals surface area contributed by atoms with Crippen molar-refractivity contribution in [3.05, 3.63) is 58.0 Å². The highest BCUT2D eigenvalue weighted by molar-refractivity contribution is 7.98. The van der Waals surface area contributed by atoms with Crippen LogP contribution in [0.15, 0.2) is 40.4 Å². The van der Waals surface area contributed by atoms with Crippen LogP contribution in [0.4, 0.5) is 14.5 Å². The van der Waals surface area contributed by atoms with E-state index < -0.39 is 17.5 Å². The third kappa shape index (κ3) is 4.96. The number of aromatic nitrogens is 5. The van der Waals surface area contributed by atoms with Gasteiger partial charge in [0.25, 0.3) is 0 Å². The third-order valence-corrected chi connectivity index (χ3v) is 4.90. The molecule has 0 aliphatic heterocycles. The Morgan fingerprint density at radius 1 is 1.31 bits per heavy atom. The van der Waals surface area contributed by atoms with Crippen molar-refractivity contribution in [2.75, 3.05) is 12.4 Å². The van der Waals surface area contributed by atoms with E-state index in [1.807, 2.05) is 0 Å². The van der Waals surface area contributed by atoms with Gasteiger partial charge >= 0.3 is 0 Å². The molecule has 12 heteroatoms. The van der Waals surface area contributed by atoms with E-state index in [1.165, 1.54) is 40.4 Å². The van der Waals surface area contributed by atoms with Crippen molar-refractivity contribution in [3.8, 4) is 5.75 Å². The number of benzene rings is 1. The van der Waals surface area contributed by atoms with Gasteiger partial charge in [-0.05, 0) is 22.6 Å². The molecule has 152 valence electrons. The van der Waals surface area contributed by atoms with Crippen LogP contribution in [0.2, 0.25) is 0 Å². The van der Waals surface area contributed by atoms with Gasteiger partial charge in [0.15, 0.2) is 5.75 Å². The fourth-order valence-corrected chi connectivity index (χ4v) is 3.28. The maximum Gasteiger partial charge on any atom is 0.244 e. The summed E-state index contributed by atoms with van der Waals surface area (Å²) in [5, 5.41) is 14.0. The van der Waals surface area contributed by atoms with Gasteiger partial charge in [0.05, 0.1) is 19.0 Å². The monoisotopic (exact) mass is 422 g/mol. The summed E-state index contributed by atoms with van der Waals surface area (Å²) in [4.78, 5) is 24.5. The van der Waals surface area contributed by atoms with Crippen LogP contribution in [0.5, 0.6) is 5.75 Å². The van der Waals surface area contributed by atoms with E-state index in [0.29, 0.717) is 22.7 Å². The van der Waals surface area contributed by atoms with Crippen LogP contribution in [0.25, 0.3) is 0 Å². The summed E-state index contributed by atoms with van der Waals surface area (Å²) < 4.78 is 34.8. The first kappa shape index (κ1) is 20.5. The van der Waals surface area contributed by atoms with Crippen molar-refractivity contribution >= 4 is 23.4 Å². The number of thioether (sulfide) groups is 1. The molecule has 0 fully saturated rings. The molecule has 0 atom stereocenters. The number of carbonyl (C=O) groups excluding carboxylic acids is 1. The number of halogens is 2. The fraction of sp³-hybridized carbons (Fsp3) is 0.235. The quantitative estimate of drug-likeness (QED) is 0.577. The Morgan fingerprint density at radius 2 is 2.10 bits per heavy atom. The maximum absolute atomic E-state index is 13.8. The highest BCUT2D eigenvalue weighted by Crippen LogP contribution is 2.20. The van der Waals surface area contributed by atoms with Crippen LogP contribution in [0.3, 0.4) is 0 Å². The zero-order valence-electron chi connectivity index (χ0n) is 15.4. The van der Waals surface area contributed by atoms with Crippen LogP contribution in [-0.4, -0.2) is 37.8 Å². The minimum absolute atomic E-state index is 0.0554. The second kappa shape index (κ2) is 8.82. The van der Waals surface area contributed by atoms with Crippen molar-refractivity contribution in [1.82, 2.24) is 24.8 Å². The second-order valence-electron chi connectivity index (χ2n) is 5.87. The summed E-state index contributed by atoms with van der Waals surface area (Å²) in [5.41, 5.74) is 0.0180. The first-order valence-electron chi connectivity index (χ1n) is 8.25.